The summed E-state index contributed by atoms with van der Waals surface area (Å²) in [7, 11) is -9.22. The molecule has 0 aliphatic heterocycles. The van der Waals surface area contributed by atoms with Crippen LogP contribution in [-0.4, -0.2) is 68.8 Å². The number of phenols is 1. The van der Waals surface area contributed by atoms with Crippen LogP contribution >= 0.6 is 0 Å². The zero-order chi connectivity index (χ0) is 43.6. The molecule has 0 atom stereocenters. The van der Waals surface area contributed by atoms with Crippen LogP contribution < -0.4 is 14.6 Å². The maximum absolute atomic E-state index is 11.7. The molecule has 332 valence electrons. The van der Waals surface area contributed by atoms with Gasteiger partial charge in [-0.2, -0.15) is 8.42 Å². The van der Waals surface area contributed by atoms with Gasteiger partial charge in [0.05, 0.1) is 0 Å². The maximum atomic E-state index is 11.7. The SMILES string of the molecule is CCCCCCCCCCCCc1ccc(Oc2ccc(S(=O)(=O)O)c(O)c2)cc1.CCCCCCCCCCCCc1ccc(Oc2ccc(S(=O)(=O)[O-])c([O-])c2)cc1.[Ca+2]. The van der Waals surface area contributed by atoms with Crippen LogP contribution in [0.2, 0.25) is 0 Å². The minimum absolute atomic E-state index is 0. The van der Waals surface area contributed by atoms with Crippen LogP contribution in [0.25, 0.3) is 0 Å². The maximum Gasteiger partial charge on any atom is 2.00 e. The van der Waals surface area contributed by atoms with E-state index in [2.05, 4.69) is 13.8 Å². The Morgan fingerprint density at radius 1 is 0.475 bits per heavy atom. The molecule has 0 aromatic heterocycles. The van der Waals surface area contributed by atoms with E-state index in [0.29, 0.717) is 17.2 Å². The smallest absolute Gasteiger partial charge is 0.872 e. The van der Waals surface area contributed by atoms with E-state index in [0.717, 1.165) is 31.0 Å². The number of ether oxygens (including phenoxy) is 2. The van der Waals surface area contributed by atoms with Crippen molar-refractivity contribution in [3.63, 3.8) is 0 Å². The van der Waals surface area contributed by atoms with Gasteiger partial charge in [-0.1, -0.05) is 159 Å². The van der Waals surface area contributed by atoms with E-state index in [1.807, 2.05) is 48.5 Å². The first-order chi connectivity index (χ1) is 28.8. The first-order valence-electron chi connectivity index (χ1n) is 21.9. The third-order valence-electron chi connectivity index (χ3n) is 10.3. The Bertz CT molecular complexity index is 1870. The molecular weight excluding hydrogens is 841 g/mol. The van der Waals surface area contributed by atoms with Gasteiger partial charge in [-0.05, 0) is 91.4 Å². The van der Waals surface area contributed by atoms with Gasteiger partial charge in [0.2, 0.25) is 0 Å². The largest absolute Gasteiger partial charge is 2.00 e. The molecule has 61 heavy (non-hydrogen) atoms. The predicted molar refractivity (Wildman–Crippen MR) is 242 cm³/mol. The number of unbranched alkanes of at least 4 members (excludes halogenated alkanes) is 18. The number of phenolic OH excluding ortho intramolecular Hbond substituents is 1. The van der Waals surface area contributed by atoms with Crippen LogP contribution in [-0.2, 0) is 33.1 Å². The van der Waals surface area contributed by atoms with Gasteiger partial charge in [0.25, 0.3) is 10.1 Å². The molecule has 4 aromatic carbocycles. The van der Waals surface area contributed by atoms with Gasteiger partial charge in [0.15, 0.2) is 0 Å². The summed E-state index contributed by atoms with van der Waals surface area (Å²) in [5.74, 6) is 0.240. The average Bonchev–Trinajstić information content (AvgIpc) is 3.20. The molecule has 0 saturated heterocycles. The molecule has 0 aliphatic rings. The van der Waals surface area contributed by atoms with Crippen molar-refractivity contribution in [1.29, 1.82) is 0 Å². The van der Waals surface area contributed by atoms with Crippen molar-refractivity contribution in [3.8, 4) is 34.5 Å². The Morgan fingerprint density at radius 3 is 1.13 bits per heavy atom. The molecule has 4 rings (SSSR count). The van der Waals surface area contributed by atoms with Crippen molar-refractivity contribution >= 4 is 58.0 Å². The zero-order valence-corrected chi connectivity index (χ0v) is 40.2. The second-order valence-corrected chi connectivity index (χ2v) is 18.3. The van der Waals surface area contributed by atoms with E-state index >= 15 is 0 Å². The molecular formula is C48H66CaO10S2. The second-order valence-electron chi connectivity index (χ2n) is 15.5. The zero-order valence-electron chi connectivity index (χ0n) is 36.3. The summed E-state index contributed by atoms with van der Waals surface area (Å²) in [5.41, 5.74) is 2.49. The number of rotatable bonds is 28. The van der Waals surface area contributed by atoms with Crippen LogP contribution in [0.15, 0.2) is 94.7 Å². The number of aryl methyl sites for hydroxylation is 2. The van der Waals surface area contributed by atoms with Crippen molar-refractivity contribution in [2.24, 2.45) is 0 Å². The average molecular weight is 907 g/mol. The molecule has 0 fully saturated rings. The number of hydrogen-bond acceptors (Lipinski definition) is 9. The second kappa shape index (κ2) is 30.3. The van der Waals surface area contributed by atoms with Crippen LogP contribution in [0, 0.1) is 0 Å². The van der Waals surface area contributed by atoms with Gasteiger partial charge < -0.3 is 24.2 Å². The molecule has 0 spiro atoms. The molecule has 13 heteroatoms. The van der Waals surface area contributed by atoms with Gasteiger partial charge in [-0.25, -0.2) is 8.42 Å². The molecule has 2 N–H and O–H groups in total. The monoisotopic (exact) mass is 906 g/mol. The van der Waals surface area contributed by atoms with Gasteiger partial charge in [-0.15, -0.1) is 0 Å². The summed E-state index contributed by atoms with van der Waals surface area (Å²) in [4.78, 5) is -1.30. The van der Waals surface area contributed by atoms with Gasteiger partial charge in [-0.3, -0.25) is 4.55 Å². The fourth-order valence-electron chi connectivity index (χ4n) is 6.89. The van der Waals surface area contributed by atoms with Crippen molar-refractivity contribution in [1.82, 2.24) is 0 Å². The van der Waals surface area contributed by atoms with Gasteiger partial charge in [0.1, 0.15) is 43.8 Å². The van der Waals surface area contributed by atoms with E-state index < -0.39 is 41.5 Å². The number of benzene rings is 4. The Morgan fingerprint density at radius 2 is 0.803 bits per heavy atom. The third kappa shape index (κ3) is 22.9. The molecule has 10 nitrogen and oxygen atoms in total. The fourth-order valence-corrected chi connectivity index (χ4v) is 7.99. The van der Waals surface area contributed by atoms with E-state index in [1.54, 1.807) is 0 Å². The summed E-state index contributed by atoms with van der Waals surface area (Å²) in [5, 5.41) is 21.5. The van der Waals surface area contributed by atoms with Crippen LogP contribution in [0.4, 0.5) is 0 Å². The quantitative estimate of drug-likeness (QED) is 0.0317. The molecule has 0 aliphatic carbocycles. The molecule has 0 amide bonds. The molecule has 0 unspecified atom stereocenters. The Labute approximate surface area is 396 Å². The standard InChI is InChI=1S/2C24H34O5S.Ca/c2*1-2-3-4-5-6-7-8-9-10-11-12-20-13-15-21(16-14-20)29-22-17-18-24(23(25)19-22)30(26,27)28;/h2*13-19,25H,2-12H2,1H3,(H,26,27,28);/q;;+2/p-2. The van der Waals surface area contributed by atoms with E-state index in [-0.39, 0.29) is 43.5 Å². The molecule has 0 radical (unpaired) electrons. The fraction of sp³-hybridized carbons (Fsp3) is 0.500. The normalized spacial score (nSPS) is 11.3. The van der Waals surface area contributed by atoms with Crippen molar-refractivity contribution in [2.75, 3.05) is 0 Å². The molecule has 4 aromatic rings. The molecule has 0 saturated carbocycles. The summed E-state index contributed by atoms with van der Waals surface area (Å²) >= 11 is 0. The topological polar surface area (TPSA) is 173 Å². The number of aromatic hydroxyl groups is 1. The first kappa shape index (κ1) is 54.3. The van der Waals surface area contributed by atoms with E-state index in [4.69, 9.17) is 14.0 Å². The van der Waals surface area contributed by atoms with E-state index in [1.165, 1.54) is 158 Å². The van der Waals surface area contributed by atoms with Crippen LogP contribution in [0.1, 0.15) is 153 Å². The Hall–Kier alpha value is -2.84. The van der Waals surface area contributed by atoms with Gasteiger partial charge >= 0.3 is 37.7 Å². The summed E-state index contributed by atoms with van der Waals surface area (Å²) in [6.45, 7) is 4.50. The van der Waals surface area contributed by atoms with Crippen molar-refractivity contribution in [2.45, 2.75) is 165 Å². The summed E-state index contributed by atoms with van der Waals surface area (Å²) < 4.78 is 75.4. The van der Waals surface area contributed by atoms with Crippen LogP contribution in [0.5, 0.6) is 34.5 Å². The Balaban J connectivity index is 0.000000413. The summed E-state index contributed by atoms with van der Waals surface area (Å²) in [6.07, 6.45) is 28.5. The van der Waals surface area contributed by atoms with Crippen molar-refractivity contribution < 1.29 is 45.6 Å². The summed E-state index contributed by atoms with van der Waals surface area (Å²) in [6, 6.07) is 22.4. The predicted octanol–water partition coefficient (Wildman–Crippen LogP) is 12.4. The molecule has 0 heterocycles. The third-order valence-corrected chi connectivity index (χ3v) is 12.1. The van der Waals surface area contributed by atoms with Crippen molar-refractivity contribution in [3.05, 3.63) is 96.1 Å². The van der Waals surface area contributed by atoms with Crippen LogP contribution in [0.3, 0.4) is 0 Å². The first-order valence-corrected chi connectivity index (χ1v) is 24.8. The minimum Gasteiger partial charge on any atom is -0.872 e. The number of hydrogen-bond donors (Lipinski definition) is 2. The minimum atomic E-state index is -4.77. The Kier molecular flexibility index (Phi) is 27.0. The van der Waals surface area contributed by atoms with Gasteiger partial charge in [0, 0.05) is 11.0 Å². The van der Waals surface area contributed by atoms with E-state index in [9.17, 15) is 31.6 Å². The molecule has 0 bridgehead atoms.